The molecule has 0 saturated heterocycles. The quantitative estimate of drug-likeness (QED) is 0.711. The monoisotopic (exact) mass is 313 g/mol. The molecular formula is C19H17F2NO. The minimum atomic E-state index is -0.581. The van der Waals surface area contributed by atoms with Gasteiger partial charge in [0.15, 0.2) is 5.43 Å². The summed E-state index contributed by atoms with van der Waals surface area (Å²) < 4.78 is 28.8. The molecule has 0 aliphatic rings. The zero-order valence-corrected chi connectivity index (χ0v) is 12.9. The molecule has 3 rings (SSSR count). The zero-order chi connectivity index (χ0) is 16.4. The average Bonchev–Trinajstić information content (AvgIpc) is 2.54. The van der Waals surface area contributed by atoms with Crippen molar-refractivity contribution < 1.29 is 8.78 Å². The number of pyridine rings is 1. The number of aromatic nitrogens is 1. The van der Waals surface area contributed by atoms with E-state index in [1.165, 1.54) is 12.1 Å². The molecule has 3 aromatic rings. The zero-order valence-electron chi connectivity index (χ0n) is 12.9. The van der Waals surface area contributed by atoms with E-state index in [1.807, 2.05) is 31.2 Å². The molecule has 0 aliphatic heterocycles. The summed E-state index contributed by atoms with van der Waals surface area (Å²) in [6.07, 6.45) is 0.945. The SMILES string of the molecule is CCn1c(CCc2ccc(F)cc2F)cc(=O)c2ccccc21. The van der Waals surface area contributed by atoms with Gasteiger partial charge in [-0.25, -0.2) is 8.78 Å². The van der Waals surface area contributed by atoms with Crippen LogP contribution in [0, 0.1) is 11.6 Å². The van der Waals surface area contributed by atoms with E-state index in [0.29, 0.717) is 23.8 Å². The molecular weight excluding hydrogens is 296 g/mol. The van der Waals surface area contributed by atoms with Crippen molar-refractivity contribution in [2.24, 2.45) is 0 Å². The molecule has 2 aromatic carbocycles. The molecule has 0 atom stereocenters. The first-order valence-corrected chi connectivity index (χ1v) is 7.65. The number of halogens is 2. The van der Waals surface area contributed by atoms with Crippen molar-refractivity contribution in [2.75, 3.05) is 0 Å². The van der Waals surface area contributed by atoms with E-state index in [1.54, 1.807) is 6.07 Å². The molecule has 0 saturated carbocycles. The number of benzene rings is 2. The van der Waals surface area contributed by atoms with Crippen molar-refractivity contribution >= 4 is 10.9 Å². The van der Waals surface area contributed by atoms with Crippen LogP contribution in [0.2, 0.25) is 0 Å². The lowest BCUT2D eigenvalue weighted by Gasteiger charge is -2.15. The van der Waals surface area contributed by atoms with Crippen molar-refractivity contribution in [3.63, 3.8) is 0 Å². The number of nitrogens with zero attached hydrogens (tertiary/aromatic N) is 1. The van der Waals surface area contributed by atoms with E-state index in [2.05, 4.69) is 4.57 Å². The van der Waals surface area contributed by atoms with Gasteiger partial charge in [0.25, 0.3) is 0 Å². The molecule has 0 bridgehead atoms. The van der Waals surface area contributed by atoms with Gasteiger partial charge < -0.3 is 4.57 Å². The molecule has 0 aliphatic carbocycles. The number of fused-ring (bicyclic) bond motifs is 1. The Labute approximate surface area is 133 Å². The minimum Gasteiger partial charge on any atom is -0.345 e. The third-order valence-electron chi connectivity index (χ3n) is 4.09. The third-order valence-corrected chi connectivity index (χ3v) is 4.09. The third kappa shape index (κ3) is 3.02. The highest BCUT2D eigenvalue weighted by atomic mass is 19.1. The first kappa shape index (κ1) is 15.4. The summed E-state index contributed by atoms with van der Waals surface area (Å²) in [5.41, 5.74) is 2.17. The van der Waals surface area contributed by atoms with E-state index in [0.717, 1.165) is 23.8 Å². The van der Waals surface area contributed by atoms with Crippen LogP contribution in [0.1, 0.15) is 18.2 Å². The fourth-order valence-electron chi connectivity index (χ4n) is 2.95. The van der Waals surface area contributed by atoms with Gasteiger partial charge in [0, 0.05) is 29.8 Å². The maximum atomic E-state index is 13.8. The van der Waals surface area contributed by atoms with Gasteiger partial charge in [-0.2, -0.15) is 0 Å². The molecule has 1 heterocycles. The van der Waals surface area contributed by atoms with E-state index in [4.69, 9.17) is 0 Å². The van der Waals surface area contributed by atoms with E-state index >= 15 is 0 Å². The summed E-state index contributed by atoms with van der Waals surface area (Å²) in [5, 5.41) is 0.686. The smallest absolute Gasteiger partial charge is 0.189 e. The van der Waals surface area contributed by atoms with E-state index in [9.17, 15) is 13.6 Å². The molecule has 4 heteroatoms. The Kier molecular flexibility index (Phi) is 4.24. The van der Waals surface area contributed by atoms with E-state index < -0.39 is 11.6 Å². The molecule has 0 unspecified atom stereocenters. The second-order valence-corrected chi connectivity index (χ2v) is 5.50. The highest BCUT2D eigenvalue weighted by molar-refractivity contribution is 5.79. The predicted octanol–water partition coefficient (Wildman–Crippen LogP) is 4.08. The molecule has 1 aromatic heterocycles. The van der Waals surface area contributed by atoms with Crippen molar-refractivity contribution in [3.8, 4) is 0 Å². The standard InChI is InChI=1S/C19H17F2NO/c1-2-22-15(10-8-13-7-9-14(20)11-17(13)21)12-19(23)16-5-3-4-6-18(16)22/h3-7,9,11-12H,2,8,10H2,1H3. The fraction of sp³-hybridized carbons (Fsp3) is 0.211. The number of hydrogen-bond acceptors (Lipinski definition) is 1. The summed E-state index contributed by atoms with van der Waals surface area (Å²) in [7, 11) is 0. The molecule has 0 spiro atoms. The first-order valence-electron chi connectivity index (χ1n) is 7.65. The van der Waals surface area contributed by atoms with Gasteiger partial charge in [0.1, 0.15) is 11.6 Å². The van der Waals surface area contributed by atoms with Gasteiger partial charge >= 0.3 is 0 Å². The van der Waals surface area contributed by atoms with Gasteiger partial charge in [-0.15, -0.1) is 0 Å². The average molecular weight is 313 g/mol. The van der Waals surface area contributed by atoms with Crippen LogP contribution >= 0.6 is 0 Å². The lowest BCUT2D eigenvalue weighted by molar-refractivity contribution is 0.570. The molecule has 0 amide bonds. The fourth-order valence-corrected chi connectivity index (χ4v) is 2.95. The van der Waals surface area contributed by atoms with Crippen LogP contribution in [0.4, 0.5) is 8.78 Å². The van der Waals surface area contributed by atoms with Gasteiger partial charge in [0.05, 0.1) is 5.52 Å². The van der Waals surface area contributed by atoms with Crippen molar-refractivity contribution in [1.82, 2.24) is 4.57 Å². The Morgan fingerprint density at radius 3 is 2.52 bits per heavy atom. The van der Waals surface area contributed by atoms with Crippen LogP contribution in [0.15, 0.2) is 53.3 Å². The minimum absolute atomic E-state index is 0.0279. The van der Waals surface area contributed by atoms with Crippen LogP contribution in [-0.4, -0.2) is 4.57 Å². The Bertz CT molecular complexity index is 915. The van der Waals surface area contributed by atoms with Gasteiger partial charge in [-0.3, -0.25) is 4.79 Å². The van der Waals surface area contributed by atoms with Gasteiger partial charge in [-0.1, -0.05) is 18.2 Å². The number of hydrogen-bond donors (Lipinski definition) is 0. The molecule has 0 radical (unpaired) electrons. The highest BCUT2D eigenvalue weighted by Gasteiger charge is 2.10. The Balaban J connectivity index is 1.98. The van der Waals surface area contributed by atoms with Crippen molar-refractivity contribution in [3.05, 3.63) is 81.6 Å². The Morgan fingerprint density at radius 1 is 1.00 bits per heavy atom. The normalized spacial score (nSPS) is 11.1. The maximum absolute atomic E-state index is 13.8. The van der Waals surface area contributed by atoms with Gasteiger partial charge in [-0.05, 0) is 43.5 Å². The second-order valence-electron chi connectivity index (χ2n) is 5.50. The summed E-state index contributed by atoms with van der Waals surface area (Å²) in [5.74, 6) is -1.13. The topological polar surface area (TPSA) is 22.0 Å². The second kappa shape index (κ2) is 6.32. The summed E-state index contributed by atoms with van der Waals surface area (Å²) in [6, 6.07) is 12.7. The van der Waals surface area contributed by atoms with Crippen molar-refractivity contribution in [2.45, 2.75) is 26.3 Å². The Morgan fingerprint density at radius 2 is 1.78 bits per heavy atom. The number of para-hydroxylation sites is 1. The summed E-state index contributed by atoms with van der Waals surface area (Å²) in [4.78, 5) is 12.3. The molecule has 0 N–H and O–H groups in total. The largest absolute Gasteiger partial charge is 0.345 e. The van der Waals surface area contributed by atoms with E-state index in [-0.39, 0.29) is 5.43 Å². The van der Waals surface area contributed by atoms with Crippen LogP contribution < -0.4 is 5.43 Å². The lowest BCUT2D eigenvalue weighted by atomic mass is 10.1. The van der Waals surface area contributed by atoms with Gasteiger partial charge in [0.2, 0.25) is 0 Å². The Hall–Kier alpha value is -2.49. The van der Waals surface area contributed by atoms with Crippen molar-refractivity contribution in [1.29, 1.82) is 0 Å². The molecule has 0 fully saturated rings. The first-order chi connectivity index (χ1) is 11.1. The van der Waals surface area contributed by atoms with Crippen LogP contribution in [-0.2, 0) is 19.4 Å². The maximum Gasteiger partial charge on any atom is 0.189 e. The molecule has 118 valence electrons. The number of rotatable bonds is 4. The number of aryl methyl sites for hydroxylation is 3. The van der Waals surface area contributed by atoms with Crippen LogP contribution in [0.3, 0.4) is 0 Å². The highest BCUT2D eigenvalue weighted by Crippen LogP contribution is 2.16. The molecule has 23 heavy (non-hydrogen) atoms. The van der Waals surface area contributed by atoms with Crippen LogP contribution in [0.25, 0.3) is 10.9 Å². The lowest BCUT2D eigenvalue weighted by Crippen LogP contribution is -2.14. The van der Waals surface area contributed by atoms with Crippen LogP contribution in [0.5, 0.6) is 0 Å². The predicted molar refractivity (Wildman–Crippen MR) is 87.6 cm³/mol. The summed E-state index contributed by atoms with van der Waals surface area (Å²) >= 11 is 0. The molecule has 2 nitrogen and oxygen atoms in total. The summed E-state index contributed by atoms with van der Waals surface area (Å²) in [6.45, 7) is 2.74.